The molecule has 25 heavy (non-hydrogen) atoms. The van der Waals surface area contributed by atoms with Gasteiger partial charge >= 0.3 is 0 Å². The minimum absolute atomic E-state index is 0.0711. The molecule has 0 saturated carbocycles. The first kappa shape index (κ1) is 15.4. The number of ether oxygens (including phenoxy) is 1. The van der Waals surface area contributed by atoms with E-state index >= 15 is 0 Å². The number of aryl methyl sites for hydroxylation is 3. The molecule has 0 aliphatic rings. The van der Waals surface area contributed by atoms with Crippen LogP contribution in [0.25, 0.3) is 27.5 Å². The Morgan fingerprint density at radius 2 is 1.84 bits per heavy atom. The summed E-state index contributed by atoms with van der Waals surface area (Å²) in [6, 6.07) is 7.41. The fraction of sp³-hybridized carbons (Fsp3) is 0.211. The maximum Gasteiger partial charge on any atom is 0.265 e. The summed E-state index contributed by atoms with van der Waals surface area (Å²) in [5.74, 6) is 1.42. The first-order valence-electron chi connectivity index (χ1n) is 7.99. The van der Waals surface area contributed by atoms with E-state index in [1.54, 1.807) is 17.9 Å². The molecular formula is C19H18N4O2. The van der Waals surface area contributed by atoms with E-state index in [2.05, 4.69) is 9.97 Å². The molecule has 4 aromatic rings. The number of hydrogen-bond donors (Lipinski definition) is 0. The lowest BCUT2D eigenvalue weighted by Gasteiger charge is -2.12. The highest BCUT2D eigenvalue weighted by Crippen LogP contribution is 2.26. The SMILES string of the molecule is COc1ccc(-n2c(=O)c3c(C)n(C)cc3c3nc(C)ncc32)cc1. The molecule has 0 fully saturated rings. The summed E-state index contributed by atoms with van der Waals surface area (Å²) in [7, 11) is 3.55. The van der Waals surface area contributed by atoms with E-state index in [0.29, 0.717) is 16.7 Å². The maximum absolute atomic E-state index is 13.3. The van der Waals surface area contributed by atoms with Crippen molar-refractivity contribution in [3.8, 4) is 11.4 Å². The second-order valence-electron chi connectivity index (χ2n) is 6.10. The number of nitrogens with zero attached hydrogens (tertiary/aromatic N) is 4. The third-order valence-corrected chi connectivity index (χ3v) is 4.62. The van der Waals surface area contributed by atoms with Gasteiger partial charge in [-0.25, -0.2) is 9.97 Å². The van der Waals surface area contributed by atoms with Crippen LogP contribution in [0, 0.1) is 13.8 Å². The summed E-state index contributed by atoms with van der Waals surface area (Å²) in [5, 5.41) is 1.54. The second kappa shape index (κ2) is 5.44. The minimum atomic E-state index is -0.0711. The molecule has 1 aromatic carbocycles. The van der Waals surface area contributed by atoms with Crippen molar-refractivity contribution in [3.63, 3.8) is 0 Å². The van der Waals surface area contributed by atoms with Crippen LogP contribution in [0.3, 0.4) is 0 Å². The summed E-state index contributed by atoms with van der Waals surface area (Å²) < 4.78 is 8.85. The van der Waals surface area contributed by atoms with Crippen LogP contribution in [0.5, 0.6) is 5.75 Å². The zero-order valence-corrected chi connectivity index (χ0v) is 14.6. The lowest BCUT2D eigenvalue weighted by atomic mass is 10.1. The van der Waals surface area contributed by atoms with Gasteiger partial charge in [-0.1, -0.05) is 0 Å². The van der Waals surface area contributed by atoms with E-state index in [9.17, 15) is 4.79 Å². The van der Waals surface area contributed by atoms with Crippen LogP contribution >= 0.6 is 0 Å². The summed E-state index contributed by atoms with van der Waals surface area (Å²) in [4.78, 5) is 22.2. The van der Waals surface area contributed by atoms with Gasteiger partial charge in [-0.3, -0.25) is 9.36 Å². The standard InChI is InChI=1S/C19H18N4O2/c1-11-17-15(10-22(11)3)18-16(9-20-12(2)21-18)23(19(17)24)13-5-7-14(25-4)8-6-13/h5-10H,1-4H3. The smallest absolute Gasteiger partial charge is 0.265 e. The molecule has 0 spiro atoms. The van der Waals surface area contributed by atoms with Crippen molar-refractivity contribution < 1.29 is 4.74 Å². The number of pyridine rings is 1. The van der Waals surface area contributed by atoms with Crippen molar-refractivity contribution >= 4 is 21.8 Å². The number of benzene rings is 1. The van der Waals surface area contributed by atoms with Crippen LogP contribution in [-0.2, 0) is 7.05 Å². The Bertz CT molecular complexity index is 1170. The fourth-order valence-corrected chi connectivity index (χ4v) is 3.21. The van der Waals surface area contributed by atoms with E-state index in [1.165, 1.54) is 0 Å². The molecule has 3 heterocycles. The van der Waals surface area contributed by atoms with E-state index in [1.807, 2.05) is 55.9 Å². The highest BCUT2D eigenvalue weighted by atomic mass is 16.5. The minimum Gasteiger partial charge on any atom is -0.497 e. The molecule has 0 saturated heterocycles. The van der Waals surface area contributed by atoms with Crippen LogP contribution in [0.4, 0.5) is 0 Å². The first-order valence-corrected chi connectivity index (χ1v) is 7.99. The molecule has 6 heteroatoms. The van der Waals surface area contributed by atoms with Crippen LogP contribution in [0.1, 0.15) is 11.5 Å². The van der Waals surface area contributed by atoms with Gasteiger partial charge in [-0.2, -0.15) is 0 Å². The van der Waals surface area contributed by atoms with Crippen LogP contribution in [0.15, 0.2) is 41.5 Å². The van der Waals surface area contributed by atoms with Gasteiger partial charge in [-0.15, -0.1) is 0 Å². The molecule has 126 valence electrons. The average Bonchev–Trinajstić information content (AvgIpc) is 2.92. The number of methoxy groups -OCH3 is 1. The van der Waals surface area contributed by atoms with Gasteiger partial charge < -0.3 is 9.30 Å². The summed E-state index contributed by atoms with van der Waals surface area (Å²) in [6.45, 7) is 3.80. The van der Waals surface area contributed by atoms with E-state index in [-0.39, 0.29) is 5.56 Å². The molecule has 0 unspecified atom stereocenters. The Hall–Kier alpha value is -3.15. The number of rotatable bonds is 2. The summed E-state index contributed by atoms with van der Waals surface area (Å²) in [5.41, 5.74) is 3.08. The third kappa shape index (κ3) is 2.21. The molecule has 0 aliphatic carbocycles. The lowest BCUT2D eigenvalue weighted by Crippen LogP contribution is -2.20. The van der Waals surface area contributed by atoms with Crippen molar-refractivity contribution in [2.45, 2.75) is 13.8 Å². The van der Waals surface area contributed by atoms with Gasteiger partial charge in [-0.05, 0) is 38.1 Å². The molecule has 0 atom stereocenters. The van der Waals surface area contributed by atoms with Crippen LogP contribution < -0.4 is 10.3 Å². The monoisotopic (exact) mass is 334 g/mol. The molecule has 6 nitrogen and oxygen atoms in total. The van der Waals surface area contributed by atoms with Crippen molar-refractivity contribution in [2.24, 2.45) is 7.05 Å². The van der Waals surface area contributed by atoms with Crippen LogP contribution in [0.2, 0.25) is 0 Å². The molecule has 0 radical (unpaired) electrons. The normalized spacial score (nSPS) is 11.4. The highest BCUT2D eigenvalue weighted by molar-refractivity contribution is 6.04. The fourth-order valence-electron chi connectivity index (χ4n) is 3.21. The summed E-state index contributed by atoms with van der Waals surface area (Å²) in [6.07, 6.45) is 3.67. The molecule has 3 aromatic heterocycles. The number of hydrogen-bond acceptors (Lipinski definition) is 4. The zero-order chi connectivity index (χ0) is 17.7. The van der Waals surface area contributed by atoms with E-state index in [4.69, 9.17) is 4.74 Å². The number of fused-ring (bicyclic) bond motifs is 3. The Balaban J connectivity index is 2.19. The average molecular weight is 334 g/mol. The largest absolute Gasteiger partial charge is 0.497 e. The van der Waals surface area contributed by atoms with Crippen molar-refractivity contribution in [2.75, 3.05) is 7.11 Å². The molecule has 4 rings (SSSR count). The van der Waals surface area contributed by atoms with Gasteiger partial charge in [0.05, 0.1) is 24.2 Å². The molecule has 0 bridgehead atoms. The van der Waals surface area contributed by atoms with Gasteiger partial charge in [0, 0.05) is 30.0 Å². The maximum atomic E-state index is 13.3. The predicted octanol–water partition coefficient (Wildman–Crippen LogP) is 2.90. The van der Waals surface area contributed by atoms with Gasteiger partial charge in [0.25, 0.3) is 5.56 Å². The van der Waals surface area contributed by atoms with E-state index in [0.717, 1.165) is 28.0 Å². The number of aromatic nitrogens is 4. The highest BCUT2D eigenvalue weighted by Gasteiger charge is 2.18. The van der Waals surface area contributed by atoms with E-state index < -0.39 is 0 Å². The second-order valence-corrected chi connectivity index (χ2v) is 6.10. The Labute approximate surface area is 144 Å². The summed E-state index contributed by atoms with van der Waals surface area (Å²) >= 11 is 0. The molecule has 0 aliphatic heterocycles. The van der Waals surface area contributed by atoms with Crippen LogP contribution in [-0.4, -0.2) is 26.2 Å². The Morgan fingerprint density at radius 3 is 2.52 bits per heavy atom. The van der Waals surface area contributed by atoms with Crippen molar-refractivity contribution in [1.29, 1.82) is 0 Å². The lowest BCUT2D eigenvalue weighted by molar-refractivity contribution is 0.415. The third-order valence-electron chi connectivity index (χ3n) is 4.62. The zero-order valence-electron chi connectivity index (χ0n) is 14.6. The van der Waals surface area contributed by atoms with Gasteiger partial charge in [0.15, 0.2) is 0 Å². The van der Waals surface area contributed by atoms with Crippen molar-refractivity contribution in [3.05, 3.63) is 58.5 Å². The van der Waals surface area contributed by atoms with Crippen molar-refractivity contribution in [1.82, 2.24) is 19.1 Å². The predicted molar refractivity (Wildman–Crippen MR) is 97.6 cm³/mol. The first-order chi connectivity index (χ1) is 12.0. The van der Waals surface area contributed by atoms with Gasteiger partial charge in [0.1, 0.15) is 17.1 Å². The molecule has 0 amide bonds. The Morgan fingerprint density at radius 1 is 1.12 bits per heavy atom. The van der Waals surface area contributed by atoms with Gasteiger partial charge in [0.2, 0.25) is 0 Å². The molecular weight excluding hydrogens is 316 g/mol. The topological polar surface area (TPSA) is 61.9 Å². The Kier molecular flexibility index (Phi) is 3.35. The molecule has 0 N–H and O–H groups in total. The quantitative estimate of drug-likeness (QED) is 0.565.